The van der Waals surface area contributed by atoms with Crippen molar-refractivity contribution in [3.63, 3.8) is 0 Å². The molecule has 3 nitrogen and oxygen atoms in total. The average molecular weight is 370 g/mol. The summed E-state index contributed by atoms with van der Waals surface area (Å²) in [6, 6.07) is 10.2. The zero-order valence-corrected chi connectivity index (χ0v) is 12.5. The number of hydrogen-bond acceptors (Lipinski definition) is 3. The minimum atomic E-state index is -0.103. The van der Waals surface area contributed by atoms with E-state index in [1.165, 1.54) is 0 Å². The number of halogens is 2. The molecule has 0 saturated heterocycles. The van der Waals surface area contributed by atoms with Crippen molar-refractivity contribution in [1.29, 1.82) is 0 Å². The maximum absolute atomic E-state index is 12.2. The smallest absolute Gasteiger partial charge is 0.193 e. The first-order valence-electron chi connectivity index (χ1n) is 5.14. The van der Waals surface area contributed by atoms with Crippen molar-refractivity contribution in [1.82, 2.24) is 0 Å². The number of nitrogens with two attached hydrogens (primary N) is 2. The molecule has 4 N–H and O–H groups in total. The van der Waals surface area contributed by atoms with Gasteiger partial charge in [-0.25, -0.2) is 0 Å². The van der Waals surface area contributed by atoms with Crippen molar-refractivity contribution >= 4 is 49.0 Å². The van der Waals surface area contributed by atoms with E-state index in [-0.39, 0.29) is 5.78 Å². The van der Waals surface area contributed by atoms with Crippen molar-refractivity contribution in [2.24, 2.45) is 0 Å². The van der Waals surface area contributed by atoms with E-state index in [9.17, 15) is 4.79 Å². The van der Waals surface area contributed by atoms with Crippen LogP contribution in [0.3, 0.4) is 0 Å². The summed E-state index contributed by atoms with van der Waals surface area (Å²) in [4.78, 5) is 12.2. The summed E-state index contributed by atoms with van der Waals surface area (Å²) in [7, 11) is 0. The van der Waals surface area contributed by atoms with Gasteiger partial charge in [-0.3, -0.25) is 4.79 Å². The Morgan fingerprint density at radius 3 is 1.56 bits per heavy atom. The lowest BCUT2D eigenvalue weighted by molar-refractivity contribution is 0.103. The summed E-state index contributed by atoms with van der Waals surface area (Å²) in [5.41, 5.74) is 13.7. The Kier molecular flexibility index (Phi) is 3.73. The Labute approximate surface area is 121 Å². The highest BCUT2D eigenvalue weighted by Crippen LogP contribution is 2.24. The molecule has 0 spiro atoms. The Morgan fingerprint density at radius 2 is 1.22 bits per heavy atom. The molecule has 0 saturated carbocycles. The van der Waals surface area contributed by atoms with Gasteiger partial charge in [0.1, 0.15) is 0 Å². The van der Waals surface area contributed by atoms with E-state index >= 15 is 0 Å². The second-order valence-corrected chi connectivity index (χ2v) is 5.51. The molecule has 0 bridgehead atoms. The van der Waals surface area contributed by atoms with Gasteiger partial charge in [0.05, 0.1) is 0 Å². The minimum absolute atomic E-state index is 0.103. The SMILES string of the molecule is Nc1cc(C(=O)c2ccc(Br)c(N)c2)ccc1Br. The van der Waals surface area contributed by atoms with E-state index in [0.717, 1.165) is 8.95 Å². The number of nitrogen functional groups attached to an aromatic ring is 2. The molecule has 2 aromatic rings. The van der Waals surface area contributed by atoms with Gasteiger partial charge >= 0.3 is 0 Å². The fourth-order valence-electron chi connectivity index (χ4n) is 1.54. The molecule has 0 heterocycles. The summed E-state index contributed by atoms with van der Waals surface area (Å²) in [6.07, 6.45) is 0. The van der Waals surface area contributed by atoms with Crippen LogP contribution in [0.25, 0.3) is 0 Å². The zero-order valence-electron chi connectivity index (χ0n) is 9.28. The van der Waals surface area contributed by atoms with Crippen LogP contribution < -0.4 is 11.5 Å². The summed E-state index contributed by atoms with van der Waals surface area (Å²) in [5.74, 6) is -0.103. The largest absolute Gasteiger partial charge is 0.398 e. The van der Waals surface area contributed by atoms with Crippen molar-refractivity contribution < 1.29 is 4.79 Å². The first-order chi connectivity index (χ1) is 8.49. The third kappa shape index (κ3) is 2.57. The average Bonchev–Trinajstić information content (AvgIpc) is 2.35. The Balaban J connectivity index is 2.41. The van der Waals surface area contributed by atoms with Gasteiger partial charge in [0.25, 0.3) is 0 Å². The number of benzene rings is 2. The van der Waals surface area contributed by atoms with Crippen LogP contribution in [0.4, 0.5) is 11.4 Å². The Bertz CT molecular complexity index is 573. The topological polar surface area (TPSA) is 69.1 Å². The fraction of sp³-hybridized carbons (Fsp3) is 0. The Morgan fingerprint density at radius 1 is 0.833 bits per heavy atom. The van der Waals surface area contributed by atoms with Crippen molar-refractivity contribution in [2.45, 2.75) is 0 Å². The lowest BCUT2D eigenvalue weighted by Crippen LogP contribution is -2.03. The number of carbonyl (C=O) groups is 1. The molecule has 5 heteroatoms. The monoisotopic (exact) mass is 368 g/mol. The van der Waals surface area contributed by atoms with Crippen LogP contribution in [0.15, 0.2) is 45.3 Å². The second kappa shape index (κ2) is 5.12. The number of anilines is 2. The molecule has 18 heavy (non-hydrogen) atoms. The molecule has 0 aliphatic heterocycles. The third-order valence-electron chi connectivity index (χ3n) is 2.52. The lowest BCUT2D eigenvalue weighted by atomic mass is 10.0. The van der Waals surface area contributed by atoms with Crippen LogP contribution in [-0.2, 0) is 0 Å². The predicted octanol–water partition coefficient (Wildman–Crippen LogP) is 3.61. The van der Waals surface area contributed by atoms with Crippen LogP contribution in [-0.4, -0.2) is 5.78 Å². The van der Waals surface area contributed by atoms with Crippen LogP contribution in [0.2, 0.25) is 0 Å². The highest BCUT2D eigenvalue weighted by atomic mass is 79.9. The van der Waals surface area contributed by atoms with Gasteiger partial charge in [-0.1, -0.05) is 0 Å². The first-order valence-corrected chi connectivity index (χ1v) is 6.72. The zero-order chi connectivity index (χ0) is 13.3. The van der Waals surface area contributed by atoms with Gasteiger partial charge in [-0.15, -0.1) is 0 Å². The Hall–Kier alpha value is -1.33. The summed E-state index contributed by atoms with van der Waals surface area (Å²) >= 11 is 6.59. The van der Waals surface area contributed by atoms with Crippen LogP contribution in [0, 0.1) is 0 Å². The summed E-state index contributed by atoms with van der Waals surface area (Å²) < 4.78 is 1.55. The van der Waals surface area contributed by atoms with Crippen LogP contribution in [0.1, 0.15) is 15.9 Å². The van der Waals surface area contributed by atoms with E-state index in [1.54, 1.807) is 36.4 Å². The summed E-state index contributed by atoms with van der Waals surface area (Å²) in [6.45, 7) is 0. The highest BCUT2D eigenvalue weighted by Gasteiger charge is 2.11. The van der Waals surface area contributed by atoms with Crippen molar-refractivity contribution in [3.8, 4) is 0 Å². The lowest BCUT2D eigenvalue weighted by Gasteiger charge is -2.05. The van der Waals surface area contributed by atoms with E-state index in [1.807, 2.05) is 0 Å². The maximum Gasteiger partial charge on any atom is 0.193 e. The molecule has 0 amide bonds. The van der Waals surface area contributed by atoms with Gasteiger partial charge in [-0.05, 0) is 68.3 Å². The van der Waals surface area contributed by atoms with Gasteiger partial charge in [0.2, 0.25) is 0 Å². The molecule has 2 rings (SSSR count). The van der Waals surface area contributed by atoms with E-state index < -0.39 is 0 Å². The highest BCUT2D eigenvalue weighted by molar-refractivity contribution is 9.11. The molecule has 92 valence electrons. The normalized spacial score (nSPS) is 10.3. The third-order valence-corrected chi connectivity index (χ3v) is 3.96. The van der Waals surface area contributed by atoms with Crippen LogP contribution in [0.5, 0.6) is 0 Å². The molecule has 2 aromatic carbocycles. The number of carbonyl (C=O) groups excluding carboxylic acids is 1. The standard InChI is InChI=1S/C13H10Br2N2O/c14-9-3-1-7(5-11(9)16)13(18)8-2-4-10(15)12(17)6-8/h1-6H,16-17H2. The molecular formula is C13H10Br2N2O. The fourth-order valence-corrected chi connectivity index (χ4v) is 2.03. The van der Waals surface area contributed by atoms with E-state index in [4.69, 9.17) is 11.5 Å². The molecule has 0 atom stereocenters. The molecule has 0 aliphatic carbocycles. The van der Waals surface area contributed by atoms with Gasteiger partial charge < -0.3 is 11.5 Å². The molecule has 0 unspecified atom stereocenters. The maximum atomic E-state index is 12.2. The van der Waals surface area contributed by atoms with Gasteiger partial charge in [-0.2, -0.15) is 0 Å². The number of hydrogen-bond donors (Lipinski definition) is 2. The van der Waals surface area contributed by atoms with E-state index in [0.29, 0.717) is 22.5 Å². The van der Waals surface area contributed by atoms with Crippen LogP contribution >= 0.6 is 31.9 Å². The van der Waals surface area contributed by atoms with Gasteiger partial charge in [0, 0.05) is 31.4 Å². The number of rotatable bonds is 2. The summed E-state index contributed by atoms with van der Waals surface area (Å²) in [5, 5.41) is 0. The minimum Gasteiger partial charge on any atom is -0.398 e. The molecular weight excluding hydrogens is 360 g/mol. The second-order valence-electron chi connectivity index (χ2n) is 3.80. The van der Waals surface area contributed by atoms with E-state index in [2.05, 4.69) is 31.9 Å². The van der Waals surface area contributed by atoms with Crippen molar-refractivity contribution in [3.05, 3.63) is 56.5 Å². The first kappa shape index (κ1) is 13.1. The predicted molar refractivity (Wildman–Crippen MR) is 80.5 cm³/mol. The van der Waals surface area contributed by atoms with Crippen molar-refractivity contribution in [2.75, 3.05) is 11.5 Å². The quantitative estimate of drug-likeness (QED) is 0.627. The molecule has 0 fully saturated rings. The van der Waals surface area contributed by atoms with Gasteiger partial charge in [0.15, 0.2) is 5.78 Å². The molecule has 0 radical (unpaired) electrons. The molecule has 0 aliphatic rings. The number of ketones is 1. The molecule has 0 aromatic heterocycles.